The number of benzene rings is 1. The first-order valence-corrected chi connectivity index (χ1v) is 6.61. The summed E-state index contributed by atoms with van der Waals surface area (Å²) in [6.45, 7) is 5.54. The zero-order chi connectivity index (χ0) is 12.4. The summed E-state index contributed by atoms with van der Waals surface area (Å²) in [5.41, 5.74) is 1.89. The molecule has 0 spiro atoms. The molecule has 0 radical (unpaired) electrons. The number of carbonyl (C=O) groups is 1. The van der Waals surface area contributed by atoms with Gasteiger partial charge in [0.25, 0.3) is 5.91 Å². The van der Waals surface area contributed by atoms with Crippen molar-refractivity contribution in [3.63, 3.8) is 0 Å². The fourth-order valence-corrected chi connectivity index (χ4v) is 2.40. The van der Waals surface area contributed by atoms with Crippen LogP contribution in [0.5, 0.6) is 0 Å². The second-order valence-corrected chi connectivity index (χ2v) is 5.43. The summed E-state index contributed by atoms with van der Waals surface area (Å²) in [5, 5.41) is 0. The maximum atomic E-state index is 12.4. The minimum Gasteiger partial charge on any atom is -0.336 e. The predicted octanol–water partition coefficient (Wildman–Crippen LogP) is 2.15. The first-order chi connectivity index (χ1) is 8.08. The smallest absolute Gasteiger partial charge is 0.255 e. The Bertz CT molecular complexity index is 425. The van der Waals surface area contributed by atoms with Crippen LogP contribution in [0.2, 0.25) is 0 Å². The van der Waals surface area contributed by atoms with E-state index in [0.717, 1.165) is 41.8 Å². The number of carbonyl (C=O) groups excluding carboxylic acids is 1. The van der Waals surface area contributed by atoms with E-state index in [1.165, 1.54) is 0 Å². The summed E-state index contributed by atoms with van der Waals surface area (Å²) >= 11 is 3.45. The number of piperazine rings is 1. The van der Waals surface area contributed by atoms with Gasteiger partial charge in [0, 0.05) is 30.7 Å². The van der Waals surface area contributed by atoms with Crippen LogP contribution in [0.15, 0.2) is 22.7 Å². The van der Waals surface area contributed by atoms with Gasteiger partial charge in [0.05, 0.1) is 5.56 Å². The second kappa shape index (κ2) is 5.19. The van der Waals surface area contributed by atoms with Gasteiger partial charge in [-0.1, -0.05) is 11.6 Å². The summed E-state index contributed by atoms with van der Waals surface area (Å²) in [5.74, 6) is 0.133. The third-order valence-corrected chi connectivity index (χ3v) is 3.83. The normalized spacial score (nSPS) is 17.2. The number of hydrogen-bond donors (Lipinski definition) is 0. The van der Waals surface area contributed by atoms with Crippen molar-refractivity contribution in [1.82, 2.24) is 9.80 Å². The largest absolute Gasteiger partial charge is 0.336 e. The third-order valence-electron chi connectivity index (χ3n) is 3.14. The van der Waals surface area contributed by atoms with Crippen molar-refractivity contribution < 1.29 is 4.79 Å². The van der Waals surface area contributed by atoms with E-state index in [-0.39, 0.29) is 5.91 Å². The first kappa shape index (κ1) is 12.6. The molecule has 17 heavy (non-hydrogen) atoms. The number of nitrogens with zero attached hydrogens (tertiary/aromatic N) is 2. The number of amides is 1. The van der Waals surface area contributed by atoms with E-state index < -0.39 is 0 Å². The van der Waals surface area contributed by atoms with Crippen molar-refractivity contribution >= 4 is 21.8 Å². The van der Waals surface area contributed by atoms with E-state index in [4.69, 9.17) is 0 Å². The van der Waals surface area contributed by atoms with Crippen molar-refractivity contribution in [2.75, 3.05) is 33.2 Å². The molecule has 1 amide bonds. The van der Waals surface area contributed by atoms with E-state index in [0.29, 0.717) is 0 Å². The lowest BCUT2D eigenvalue weighted by Crippen LogP contribution is -2.47. The van der Waals surface area contributed by atoms with Gasteiger partial charge < -0.3 is 9.80 Å². The van der Waals surface area contributed by atoms with Gasteiger partial charge in [0.15, 0.2) is 0 Å². The number of halogens is 1. The van der Waals surface area contributed by atoms with Gasteiger partial charge in [0.1, 0.15) is 0 Å². The van der Waals surface area contributed by atoms with Crippen molar-refractivity contribution in [2.24, 2.45) is 0 Å². The Balaban J connectivity index is 2.16. The van der Waals surface area contributed by atoms with Crippen LogP contribution in [-0.2, 0) is 0 Å². The molecule has 0 aliphatic carbocycles. The lowest BCUT2D eigenvalue weighted by atomic mass is 10.1. The lowest BCUT2D eigenvalue weighted by Gasteiger charge is -2.32. The van der Waals surface area contributed by atoms with Gasteiger partial charge in [-0.05, 0) is 42.0 Å². The molecule has 4 heteroatoms. The fraction of sp³-hybridized carbons (Fsp3) is 0.462. The van der Waals surface area contributed by atoms with E-state index in [1.807, 2.05) is 30.0 Å². The lowest BCUT2D eigenvalue weighted by molar-refractivity contribution is 0.0663. The van der Waals surface area contributed by atoms with Gasteiger partial charge in [0.2, 0.25) is 0 Å². The Kier molecular flexibility index (Phi) is 3.84. The maximum Gasteiger partial charge on any atom is 0.255 e. The Morgan fingerprint density at radius 2 is 1.88 bits per heavy atom. The van der Waals surface area contributed by atoms with E-state index in [9.17, 15) is 4.79 Å². The number of rotatable bonds is 1. The van der Waals surface area contributed by atoms with Crippen LogP contribution in [0.25, 0.3) is 0 Å². The van der Waals surface area contributed by atoms with Crippen LogP contribution in [0.3, 0.4) is 0 Å². The van der Waals surface area contributed by atoms with E-state index in [1.54, 1.807) is 0 Å². The highest BCUT2D eigenvalue weighted by Crippen LogP contribution is 2.20. The SMILES string of the molecule is Cc1ccc(Br)c(C(=O)N2CCN(C)CC2)c1. The summed E-state index contributed by atoms with van der Waals surface area (Å²) < 4.78 is 0.882. The zero-order valence-corrected chi connectivity index (χ0v) is 11.8. The van der Waals surface area contributed by atoms with Gasteiger partial charge in [-0.25, -0.2) is 0 Å². The Morgan fingerprint density at radius 1 is 1.24 bits per heavy atom. The van der Waals surface area contributed by atoms with Crippen LogP contribution in [0.4, 0.5) is 0 Å². The number of likely N-dealkylation sites (N-methyl/N-ethyl adjacent to an activating group) is 1. The topological polar surface area (TPSA) is 23.6 Å². The van der Waals surface area contributed by atoms with Crippen molar-refractivity contribution in [3.8, 4) is 0 Å². The Hall–Kier alpha value is -0.870. The van der Waals surface area contributed by atoms with Crippen molar-refractivity contribution in [2.45, 2.75) is 6.92 Å². The number of aryl methyl sites for hydroxylation is 1. The van der Waals surface area contributed by atoms with Crippen LogP contribution in [0.1, 0.15) is 15.9 Å². The number of hydrogen-bond acceptors (Lipinski definition) is 2. The Morgan fingerprint density at radius 3 is 2.53 bits per heavy atom. The molecule has 1 heterocycles. The fourth-order valence-electron chi connectivity index (χ4n) is 1.98. The molecule has 2 rings (SSSR count). The monoisotopic (exact) mass is 296 g/mol. The molecule has 1 fully saturated rings. The molecule has 1 aliphatic heterocycles. The first-order valence-electron chi connectivity index (χ1n) is 5.82. The molecule has 0 saturated carbocycles. The highest BCUT2D eigenvalue weighted by atomic mass is 79.9. The highest BCUT2D eigenvalue weighted by Gasteiger charge is 2.21. The average Bonchev–Trinajstić information content (AvgIpc) is 2.32. The van der Waals surface area contributed by atoms with Crippen LogP contribution in [-0.4, -0.2) is 48.9 Å². The van der Waals surface area contributed by atoms with E-state index >= 15 is 0 Å². The van der Waals surface area contributed by atoms with Gasteiger partial charge >= 0.3 is 0 Å². The maximum absolute atomic E-state index is 12.4. The van der Waals surface area contributed by atoms with Crippen LogP contribution in [0, 0.1) is 6.92 Å². The molecule has 0 atom stereocenters. The minimum atomic E-state index is 0.133. The summed E-state index contributed by atoms with van der Waals surface area (Å²) in [6.07, 6.45) is 0. The highest BCUT2D eigenvalue weighted by molar-refractivity contribution is 9.10. The summed E-state index contributed by atoms with van der Waals surface area (Å²) in [4.78, 5) is 16.5. The summed E-state index contributed by atoms with van der Waals surface area (Å²) in [6, 6.07) is 5.90. The summed E-state index contributed by atoms with van der Waals surface area (Å²) in [7, 11) is 2.09. The quantitative estimate of drug-likeness (QED) is 0.793. The molecule has 1 aliphatic rings. The molecular weight excluding hydrogens is 280 g/mol. The predicted molar refractivity (Wildman–Crippen MR) is 72.3 cm³/mol. The minimum absolute atomic E-state index is 0.133. The zero-order valence-electron chi connectivity index (χ0n) is 10.2. The van der Waals surface area contributed by atoms with Crippen LogP contribution >= 0.6 is 15.9 Å². The van der Waals surface area contributed by atoms with Crippen molar-refractivity contribution in [3.05, 3.63) is 33.8 Å². The van der Waals surface area contributed by atoms with E-state index in [2.05, 4.69) is 27.9 Å². The van der Waals surface area contributed by atoms with Gasteiger partial charge in [-0.3, -0.25) is 4.79 Å². The molecule has 0 bridgehead atoms. The third kappa shape index (κ3) is 2.87. The molecule has 0 N–H and O–H groups in total. The molecule has 3 nitrogen and oxygen atoms in total. The molecular formula is C13H17BrN2O. The average molecular weight is 297 g/mol. The molecule has 0 aromatic heterocycles. The standard InChI is InChI=1S/C13H17BrN2O/c1-10-3-4-12(14)11(9-10)13(17)16-7-5-15(2)6-8-16/h3-4,9H,5-8H2,1-2H3. The molecule has 1 aromatic carbocycles. The molecule has 1 aromatic rings. The molecule has 0 unspecified atom stereocenters. The Labute approximate surface area is 111 Å². The second-order valence-electron chi connectivity index (χ2n) is 4.58. The van der Waals surface area contributed by atoms with Crippen LogP contribution < -0.4 is 0 Å². The van der Waals surface area contributed by atoms with Gasteiger partial charge in [-0.15, -0.1) is 0 Å². The molecule has 92 valence electrons. The van der Waals surface area contributed by atoms with Crippen molar-refractivity contribution in [1.29, 1.82) is 0 Å². The molecule has 1 saturated heterocycles. The van der Waals surface area contributed by atoms with Gasteiger partial charge in [-0.2, -0.15) is 0 Å².